The van der Waals surface area contributed by atoms with Crippen LogP contribution in [0.2, 0.25) is 0 Å². The first kappa shape index (κ1) is 16.6. The standard InChI is InChI=1S/C16H17F2N.ClH/c1-10-7-12(8-11(2)14(10)9-19-3)13-5-4-6-15(17)16(13)18;/h4-8,19H,9H2,1-3H3;1H. The maximum Gasteiger partial charge on any atom is 0.166 e. The SMILES string of the molecule is CNCc1c(C)cc(-c2cccc(F)c2F)cc1C.Cl. The van der Waals surface area contributed by atoms with E-state index in [4.69, 9.17) is 0 Å². The monoisotopic (exact) mass is 297 g/mol. The third kappa shape index (κ3) is 3.17. The van der Waals surface area contributed by atoms with Gasteiger partial charge in [0.15, 0.2) is 11.6 Å². The lowest BCUT2D eigenvalue weighted by molar-refractivity contribution is 0.511. The molecule has 0 atom stereocenters. The van der Waals surface area contributed by atoms with Crippen molar-refractivity contribution in [3.8, 4) is 11.1 Å². The summed E-state index contributed by atoms with van der Waals surface area (Å²) in [6.45, 7) is 4.74. The Hall–Kier alpha value is -1.45. The highest BCUT2D eigenvalue weighted by atomic mass is 35.5. The number of benzene rings is 2. The van der Waals surface area contributed by atoms with Crippen molar-refractivity contribution in [3.05, 3.63) is 58.7 Å². The molecular formula is C16H18ClF2N. The molecule has 1 nitrogen and oxygen atoms in total. The molecule has 108 valence electrons. The van der Waals surface area contributed by atoms with Crippen molar-refractivity contribution in [1.29, 1.82) is 0 Å². The van der Waals surface area contributed by atoms with E-state index < -0.39 is 11.6 Å². The van der Waals surface area contributed by atoms with Crippen LogP contribution in [0.5, 0.6) is 0 Å². The average Bonchev–Trinajstić information content (AvgIpc) is 2.37. The smallest absolute Gasteiger partial charge is 0.166 e. The van der Waals surface area contributed by atoms with Crippen molar-refractivity contribution in [2.45, 2.75) is 20.4 Å². The average molecular weight is 298 g/mol. The lowest BCUT2D eigenvalue weighted by Gasteiger charge is -2.13. The summed E-state index contributed by atoms with van der Waals surface area (Å²) in [6, 6.07) is 8.06. The highest BCUT2D eigenvalue weighted by Gasteiger charge is 2.12. The second-order valence-corrected chi connectivity index (χ2v) is 4.72. The van der Waals surface area contributed by atoms with Crippen LogP contribution in [0.3, 0.4) is 0 Å². The fourth-order valence-corrected chi connectivity index (χ4v) is 2.33. The zero-order valence-corrected chi connectivity index (χ0v) is 12.6. The summed E-state index contributed by atoms with van der Waals surface area (Å²) in [5.74, 6) is -1.60. The van der Waals surface area contributed by atoms with Crippen LogP contribution in [0.4, 0.5) is 8.78 Å². The van der Waals surface area contributed by atoms with Gasteiger partial charge < -0.3 is 5.32 Å². The molecule has 0 bridgehead atoms. The predicted octanol–water partition coefficient (Wildman–Crippen LogP) is 4.39. The van der Waals surface area contributed by atoms with Crippen molar-refractivity contribution in [3.63, 3.8) is 0 Å². The Kier molecular flexibility index (Phi) is 5.66. The summed E-state index contributed by atoms with van der Waals surface area (Å²) in [4.78, 5) is 0. The second-order valence-electron chi connectivity index (χ2n) is 4.72. The van der Waals surface area contributed by atoms with Gasteiger partial charge in [0, 0.05) is 12.1 Å². The maximum absolute atomic E-state index is 13.8. The number of halogens is 3. The molecule has 0 spiro atoms. The van der Waals surface area contributed by atoms with E-state index in [1.54, 1.807) is 6.07 Å². The fourth-order valence-electron chi connectivity index (χ4n) is 2.33. The normalized spacial score (nSPS) is 10.2. The van der Waals surface area contributed by atoms with E-state index in [1.165, 1.54) is 11.6 Å². The van der Waals surface area contributed by atoms with Crippen molar-refractivity contribution in [2.75, 3.05) is 7.05 Å². The van der Waals surface area contributed by atoms with Gasteiger partial charge in [-0.25, -0.2) is 8.78 Å². The van der Waals surface area contributed by atoms with Crippen LogP contribution < -0.4 is 5.32 Å². The van der Waals surface area contributed by atoms with Gasteiger partial charge in [0.1, 0.15) is 0 Å². The maximum atomic E-state index is 13.8. The highest BCUT2D eigenvalue weighted by molar-refractivity contribution is 5.85. The first-order valence-corrected chi connectivity index (χ1v) is 6.23. The van der Waals surface area contributed by atoms with E-state index in [2.05, 4.69) is 5.32 Å². The molecule has 0 radical (unpaired) electrons. The first-order valence-electron chi connectivity index (χ1n) is 6.23. The second kappa shape index (κ2) is 6.82. The number of hydrogen-bond acceptors (Lipinski definition) is 1. The molecule has 0 unspecified atom stereocenters. The van der Waals surface area contributed by atoms with Gasteiger partial charge in [-0.3, -0.25) is 0 Å². The summed E-state index contributed by atoms with van der Waals surface area (Å²) >= 11 is 0. The van der Waals surface area contributed by atoms with Crippen LogP contribution in [-0.2, 0) is 6.54 Å². The molecule has 0 aliphatic carbocycles. The minimum atomic E-state index is -0.813. The largest absolute Gasteiger partial charge is 0.316 e. The zero-order valence-electron chi connectivity index (χ0n) is 11.8. The van der Waals surface area contributed by atoms with E-state index in [9.17, 15) is 8.78 Å². The third-order valence-corrected chi connectivity index (χ3v) is 3.31. The molecule has 20 heavy (non-hydrogen) atoms. The number of rotatable bonds is 3. The predicted molar refractivity (Wildman–Crippen MR) is 81.3 cm³/mol. The minimum Gasteiger partial charge on any atom is -0.316 e. The molecule has 0 aromatic heterocycles. The Bertz CT molecular complexity index is 588. The van der Waals surface area contributed by atoms with Crippen LogP contribution in [0.1, 0.15) is 16.7 Å². The third-order valence-electron chi connectivity index (χ3n) is 3.31. The summed E-state index contributed by atoms with van der Waals surface area (Å²) in [6.07, 6.45) is 0. The number of aryl methyl sites for hydroxylation is 2. The summed E-state index contributed by atoms with van der Waals surface area (Å²) in [7, 11) is 1.89. The van der Waals surface area contributed by atoms with Gasteiger partial charge in [-0.15, -0.1) is 12.4 Å². The van der Waals surface area contributed by atoms with E-state index in [0.29, 0.717) is 11.1 Å². The quantitative estimate of drug-likeness (QED) is 0.886. The van der Waals surface area contributed by atoms with E-state index in [1.807, 2.05) is 33.0 Å². The molecule has 2 aromatic rings. The lowest BCUT2D eigenvalue weighted by atomic mass is 9.95. The van der Waals surface area contributed by atoms with Crippen LogP contribution >= 0.6 is 12.4 Å². The Labute approximate surface area is 124 Å². The Morgan fingerprint density at radius 3 is 2.20 bits per heavy atom. The lowest BCUT2D eigenvalue weighted by Crippen LogP contribution is -2.08. The zero-order chi connectivity index (χ0) is 14.0. The molecule has 0 heterocycles. The van der Waals surface area contributed by atoms with E-state index >= 15 is 0 Å². The van der Waals surface area contributed by atoms with Gasteiger partial charge in [0.25, 0.3) is 0 Å². The van der Waals surface area contributed by atoms with Gasteiger partial charge in [-0.1, -0.05) is 24.3 Å². The van der Waals surface area contributed by atoms with Crippen LogP contribution in [-0.4, -0.2) is 7.05 Å². The molecule has 0 amide bonds. The minimum absolute atomic E-state index is 0. The molecule has 0 aliphatic heterocycles. The molecular weight excluding hydrogens is 280 g/mol. The van der Waals surface area contributed by atoms with Gasteiger partial charge in [-0.05, 0) is 49.2 Å². The van der Waals surface area contributed by atoms with Crippen LogP contribution in [0, 0.1) is 25.5 Å². The van der Waals surface area contributed by atoms with Crippen LogP contribution in [0.15, 0.2) is 30.3 Å². The van der Waals surface area contributed by atoms with Gasteiger partial charge in [0.2, 0.25) is 0 Å². The molecule has 0 fully saturated rings. The number of hydrogen-bond donors (Lipinski definition) is 1. The first-order chi connectivity index (χ1) is 9.04. The van der Waals surface area contributed by atoms with E-state index in [-0.39, 0.29) is 12.4 Å². The molecule has 2 rings (SSSR count). The molecule has 0 saturated carbocycles. The van der Waals surface area contributed by atoms with Crippen molar-refractivity contribution in [2.24, 2.45) is 0 Å². The van der Waals surface area contributed by atoms with Crippen molar-refractivity contribution >= 4 is 12.4 Å². The Balaban J connectivity index is 0.00000200. The van der Waals surface area contributed by atoms with Gasteiger partial charge in [0.05, 0.1) is 0 Å². The van der Waals surface area contributed by atoms with E-state index in [0.717, 1.165) is 23.7 Å². The molecule has 4 heteroatoms. The number of nitrogens with one attached hydrogen (secondary N) is 1. The van der Waals surface area contributed by atoms with Gasteiger partial charge >= 0.3 is 0 Å². The Morgan fingerprint density at radius 2 is 1.65 bits per heavy atom. The van der Waals surface area contributed by atoms with Crippen molar-refractivity contribution < 1.29 is 8.78 Å². The molecule has 2 aromatic carbocycles. The van der Waals surface area contributed by atoms with Gasteiger partial charge in [-0.2, -0.15) is 0 Å². The molecule has 0 aliphatic rings. The highest BCUT2D eigenvalue weighted by Crippen LogP contribution is 2.28. The topological polar surface area (TPSA) is 12.0 Å². The fraction of sp³-hybridized carbons (Fsp3) is 0.250. The van der Waals surface area contributed by atoms with Crippen molar-refractivity contribution in [1.82, 2.24) is 5.32 Å². The summed E-state index contributed by atoms with van der Waals surface area (Å²) in [5, 5.41) is 3.11. The summed E-state index contributed by atoms with van der Waals surface area (Å²) < 4.78 is 27.1. The summed E-state index contributed by atoms with van der Waals surface area (Å²) in [5.41, 5.74) is 4.37. The molecule has 1 N–H and O–H groups in total. The Morgan fingerprint density at radius 1 is 1.05 bits per heavy atom. The molecule has 0 saturated heterocycles. The van der Waals surface area contributed by atoms with Crippen LogP contribution in [0.25, 0.3) is 11.1 Å².